The Morgan fingerprint density at radius 3 is 2.13 bits per heavy atom. The van der Waals surface area contributed by atoms with Crippen molar-refractivity contribution in [3.63, 3.8) is 0 Å². The van der Waals surface area contributed by atoms with E-state index in [0.29, 0.717) is 0 Å². The maximum atomic E-state index is 4.62. The van der Waals surface area contributed by atoms with Crippen LogP contribution in [0.5, 0.6) is 0 Å². The SMILES string of the molecule is CCCCCCCCc1cnc(-c2ccc(SCCC(C)CCCC(C)C)cc2)nc1. The van der Waals surface area contributed by atoms with Crippen molar-refractivity contribution in [1.29, 1.82) is 0 Å². The molecule has 1 aromatic heterocycles. The van der Waals surface area contributed by atoms with Gasteiger partial charge < -0.3 is 0 Å². The summed E-state index contributed by atoms with van der Waals surface area (Å²) in [7, 11) is 0. The van der Waals surface area contributed by atoms with Crippen LogP contribution in [0.15, 0.2) is 41.6 Å². The van der Waals surface area contributed by atoms with Crippen LogP contribution in [0, 0.1) is 11.8 Å². The van der Waals surface area contributed by atoms with E-state index in [9.17, 15) is 0 Å². The minimum Gasteiger partial charge on any atom is -0.236 e. The smallest absolute Gasteiger partial charge is 0.159 e. The van der Waals surface area contributed by atoms with Gasteiger partial charge in [-0.3, -0.25) is 0 Å². The predicted octanol–water partition coefficient (Wildman–Crippen LogP) is 8.99. The van der Waals surface area contributed by atoms with Crippen molar-refractivity contribution in [1.82, 2.24) is 9.97 Å². The van der Waals surface area contributed by atoms with Crippen LogP contribution in [-0.4, -0.2) is 15.7 Å². The van der Waals surface area contributed by atoms with Crippen LogP contribution in [0.3, 0.4) is 0 Å². The van der Waals surface area contributed by atoms with E-state index in [1.54, 1.807) is 0 Å². The lowest BCUT2D eigenvalue weighted by atomic mass is 9.98. The van der Waals surface area contributed by atoms with Crippen molar-refractivity contribution >= 4 is 11.8 Å². The molecule has 0 aliphatic heterocycles. The van der Waals surface area contributed by atoms with Crippen LogP contribution in [0.25, 0.3) is 11.4 Å². The summed E-state index contributed by atoms with van der Waals surface area (Å²) in [5.74, 6) is 3.70. The molecule has 0 fully saturated rings. The third kappa shape index (κ3) is 11.2. The molecule has 1 aromatic carbocycles. The van der Waals surface area contributed by atoms with E-state index in [0.717, 1.165) is 29.6 Å². The first-order valence-corrected chi connectivity index (χ1v) is 13.6. The molecule has 0 spiro atoms. The summed E-state index contributed by atoms with van der Waals surface area (Å²) in [6.45, 7) is 9.31. The van der Waals surface area contributed by atoms with Crippen LogP contribution in [0.1, 0.15) is 97.5 Å². The van der Waals surface area contributed by atoms with Crippen LogP contribution in [0.2, 0.25) is 0 Å². The highest BCUT2D eigenvalue weighted by molar-refractivity contribution is 7.99. The first-order valence-electron chi connectivity index (χ1n) is 12.6. The van der Waals surface area contributed by atoms with Gasteiger partial charge in [0.25, 0.3) is 0 Å². The number of hydrogen-bond acceptors (Lipinski definition) is 3. The summed E-state index contributed by atoms with van der Waals surface area (Å²) in [5.41, 5.74) is 2.37. The van der Waals surface area contributed by atoms with Gasteiger partial charge in [-0.15, -0.1) is 11.8 Å². The van der Waals surface area contributed by atoms with Crippen LogP contribution < -0.4 is 0 Å². The van der Waals surface area contributed by atoms with Crippen molar-refractivity contribution in [3.05, 3.63) is 42.2 Å². The minimum atomic E-state index is 0.828. The van der Waals surface area contributed by atoms with E-state index < -0.39 is 0 Å². The Morgan fingerprint density at radius 1 is 0.774 bits per heavy atom. The van der Waals surface area contributed by atoms with Gasteiger partial charge in [0.1, 0.15) is 0 Å². The van der Waals surface area contributed by atoms with E-state index >= 15 is 0 Å². The molecule has 0 amide bonds. The monoisotopic (exact) mass is 440 g/mol. The average molecular weight is 441 g/mol. The quantitative estimate of drug-likeness (QED) is 0.192. The summed E-state index contributed by atoms with van der Waals surface area (Å²) in [5, 5.41) is 0. The molecule has 0 bridgehead atoms. The molecule has 2 aromatic rings. The largest absolute Gasteiger partial charge is 0.236 e. The maximum absolute atomic E-state index is 4.62. The molecule has 0 aliphatic carbocycles. The standard InChI is InChI=1S/C28H44N2S/c1-5-6-7-8-9-10-14-25-21-29-28(30-22-25)26-15-17-27(18-16-26)31-20-19-24(4)13-11-12-23(2)3/h15-18,21-24H,5-14,19-20H2,1-4H3. The molecule has 0 N–H and O–H groups in total. The number of aryl methyl sites for hydroxylation is 1. The molecular formula is C28H44N2S. The van der Waals surface area contributed by atoms with Gasteiger partial charge in [0.2, 0.25) is 0 Å². The second-order valence-electron chi connectivity index (χ2n) is 9.52. The highest BCUT2D eigenvalue weighted by Crippen LogP contribution is 2.25. The maximum Gasteiger partial charge on any atom is 0.159 e. The average Bonchev–Trinajstić information content (AvgIpc) is 2.77. The number of aromatic nitrogens is 2. The van der Waals surface area contributed by atoms with Crippen molar-refractivity contribution in [3.8, 4) is 11.4 Å². The molecule has 0 radical (unpaired) electrons. The van der Waals surface area contributed by atoms with Gasteiger partial charge in [0, 0.05) is 22.9 Å². The predicted molar refractivity (Wildman–Crippen MR) is 138 cm³/mol. The number of unbranched alkanes of at least 4 members (excludes halogenated alkanes) is 5. The zero-order valence-corrected chi connectivity index (χ0v) is 21.2. The van der Waals surface area contributed by atoms with E-state index in [4.69, 9.17) is 0 Å². The Balaban J connectivity index is 1.70. The lowest BCUT2D eigenvalue weighted by molar-refractivity contribution is 0.451. The summed E-state index contributed by atoms with van der Waals surface area (Å²) in [4.78, 5) is 10.6. The molecule has 172 valence electrons. The Morgan fingerprint density at radius 2 is 1.45 bits per heavy atom. The first kappa shape index (κ1) is 25.9. The topological polar surface area (TPSA) is 25.8 Å². The number of thioether (sulfide) groups is 1. The van der Waals surface area contributed by atoms with Gasteiger partial charge >= 0.3 is 0 Å². The Labute approximate surface area is 196 Å². The molecule has 3 heteroatoms. The van der Waals surface area contributed by atoms with Crippen molar-refractivity contribution in [2.24, 2.45) is 11.8 Å². The fourth-order valence-corrected chi connectivity index (χ4v) is 4.92. The summed E-state index contributed by atoms with van der Waals surface area (Å²) in [6.07, 6.45) is 18.5. The van der Waals surface area contributed by atoms with Crippen LogP contribution >= 0.6 is 11.8 Å². The second-order valence-corrected chi connectivity index (χ2v) is 10.7. The Bertz CT molecular complexity index is 694. The number of hydrogen-bond donors (Lipinski definition) is 0. The highest BCUT2D eigenvalue weighted by atomic mass is 32.2. The van der Waals surface area contributed by atoms with E-state index in [2.05, 4.69) is 61.9 Å². The van der Waals surface area contributed by atoms with Gasteiger partial charge in [-0.25, -0.2) is 9.97 Å². The fourth-order valence-electron chi connectivity index (χ4n) is 3.84. The molecule has 0 saturated carbocycles. The van der Waals surface area contributed by atoms with E-state index in [1.807, 2.05) is 24.2 Å². The van der Waals surface area contributed by atoms with Crippen molar-refractivity contribution in [2.75, 3.05) is 5.75 Å². The highest BCUT2D eigenvalue weighted by Gasteiger charge is 2.06. The molecule has 1 atom stereocenters. The molecule has 0 aliphatic rings. The fraction of sp³-hybridized carbons (Fsp3) is 0.643. The van der Waals surface area contributed by atoms with Crippen molar-refractivity contribution < 1.29 is 0 Å². The molecule has 31 heavy (non-hydrogen) atoms. The second kappa shape index (κ2) is 15.5. The van der Waals surface area contributed by atoms with E-state index in [-0.39, 0.29) is 0 Å². The van der Waals surface area contributed by atoms with Gasteiger partial charge in [0.15, 0.2) is 5.82 Å². The zero-order valence-electron chi connectivity index (χ0n) is 20.4. The number of nitrogens with zero attached hydrogens (tertiary/aromatic N) is 2. The lowest BCUT2D eigenvalue weighted by Gasteiger charge is -2.12. The summed E-state index contributed by atoms with van der Waals surface area (Å²) in [6, 6.07) is 8.77. The molecule has 0 saturated heterocycles. The molecular weight excluding hydrogens is 396 g/mol. The van der Waals surface area contributed by atoms with Crippen molar-refractivity contribution in [2.45, 2.75) is 103 Å². The molecule has 2 rings (SSSR count). The molecule has 1 heterocycles. The van der Waals surface area contributed by atoms with Gasteiger partial charge in [-0.2, -0.15) is 0 Å². The van der Waals surface area contributed by atoms with Gasteiger partial charge in [-0.1, -0.05) is 91.2 Å². The van der Waals surface area contributed by atoms with Crippen LogP contribution in [-0.2, 0) is 6.42 Å². The Hall–Kier alpha value is -1.35. The third-order valence-corrected chi connectivity index (χ3v) is 7.04. The van der Waals surface area contributed by atoms with Crippen LogP contribution in [0.4, 0.5) is 0 Å². The first-order chi connectivity index (χ1) is 15.1. The Kier molecular flexibility index (Phi) is 12.9. The minimum absolute atomic E-state index is 0.828. The zero-order chi connectivity index (χ0) is 22.3. The molecule has 1 unspecified atom stereocenters. The van der Waals surface area contributed by atoms with Gasteiger partial charge in [0.05, 0.1) is 0 Å². The molecule has 2 nitrogen and oxygen atoms in total. The van der Waals surface area contributed by atoms with Gasteiger partial charge in [-0.05, 0) is 54.5 Å². The normalized spacial score (nSPS) is 12.4. The lowest BCUT2D eigenvalue weighted by Crippen LogP contribution is -1.98. The third-order valence-electron chi connectivity index (χ3n) is 5.99. The number of benzene rings is 1. The summed E-state index contributed by atoms with van der Waals surface area (Å²) >= 11 is 1.97. The van der Waals surface area contributed by atoms with E-state index in [1.165, 1.54) is 80.4 Å². The summed E-state index contributed by atoms with van der Waals surface area (Å²) < 4.78 is 0. The number of rotatable bonds is 16.